The van der Waals surface area contributed by atoms with Crippen molar-refractivity contribution >= 4 is 11.6 Å². The van der Waals surface area contributed by atoms with Crippen LogP contribution >= 0.6 is 0 Å². The lowest BCUT2D eigenvalue weighted by Gasteiger charge is -2.12. The van der Waals surface area contributed by atoms with Gasteiger partial charge in [0, 0.05) is 16.8 Å². The molecule has 1 heterocycles. The van der Waals surface area contributed by atoms with Gasteiger partial charge in [-0.15, -0.1) is 0 Å². The Morgan fingerprint density at radius 2 is 2.06 bits per heavy atom. The maximum absolute atomic E-state index is 13.3. The van der Waals surface area contributed by atoms with Crippen molar-refractivity contribution in [2.75, 3.05) is 5.43 Å². The summed E-state index contributed by atoms with van der Waals surface area (Å²) in [6.45, 7) is 11.4. The molecule has 0 atom stereocenters. The molecule has 33 heavy (non-hydrogen) atoms. The van der Waals surface area contributed by atoms with Crippen LogP contribution in [0.4, 0.5) is 10.1 Å². The van der Waals surface area contributed by atoms with Gasteiger partial charge in [0.2, 0.25) is 0 Å². The van der Waals surface area contributed by atoms with Crippen molar-refractivity contribution in [2.24, 2.45) is 5.84 Å². The van der Waals surface area contributed by atoms with E-state index >= 15 is 0 Å². The standard InChI is InChI=1S/C25H29FN6O/c1-5-7-8-20(25(33)30-18(4)9-11-22(26)6-2)13-17(3)14-21-15-19(10-12-23(21)31-27)24-28-16-29-32-24/h6-13,15-16,31H,3-5,14,27H2,1-2H3,(H,30,33)(H,28,29,32)/b8-7-,11-9-,20-13+,22-6+. The van der Waals surface area contributed by atoms with Crippen molar-refractivity contribution in [3.63, 3.8) is 0 Å². The Labute approximate surface area is 193 Å². The van der Waals surface area contributed by atoms with E-state index in [0.29, 0.717) is 23.4 Å². The van der Waals surface area contributed by atoms with Crippen molar-refractivity contribution < 1.29 is 9.18 Å². The second-order valence-corrected chi connectivity index (χ2v) is 7.08. The monoisotopic (exact) mass is 448 g/mol. The van der Waals surface area contributed by atoms with Crippen LogP contribution in [0.15, 0.2) is 96.8 Å². The highest BCUT2D eigenvalue weighted by Gasteiger charge is 2.11. The Kier molecular flexibility index (Phi) is 9.73. The summed E-state index contributed by atoms with van der Waals surface area (Å²) < 4.78 is 13.3. The molecule has 2 rings (SSSR count). The third-order valence-electron chi connectivity index (χ3n) is 4.52. The number of nitrogens with two attached hydrogens (primary N) is 1. The fraction of sp³-hybridized carbons (Fsp3) is 0.160. The highest BCUT2D eigenvalue weighted by molar-refractivity contribution is 5.97. The summed E-state index contributed by atoms with van der Waals surface area (Å²) in [5.74, 6) is 5.51. The zero-order valence-corrected chi connectivity index (χ0v) is 18.9. The average molecular weight is 449 g/mol. The molecular formula is C25H29FN6O. The van der Waals surface area contributed by atoms with E-state index in [-0.39, 0.29) is 11.6 Å². The number of allylic oxidation sites excluding steroid dienone is 7. The maximum Gasteiger partial charge on any atom is 0.255 e. The molecule has 0 saturated carbocycles. The third-order valence-corrected chi connectivity index (χ3v) is 4.52. The maximum atomic E-state index is 13.3. The summed E-state index contributed by atoms with van der Waals surface area (Å²) in [4.78, 5) is 16.9. The van der Waals surface area contributed by atoms with Crippen LogP contribution in [-0.4, -0.2) is 21.1 Å². The van der Waals surface area contributed by atoms with E-state index in [1.807, 2.05) is 31.2 Å². The van der Waals surface area contributed by atoms with Gasteiger partial charge in [-0.3, -0.25) is 15.7 Å². The van der Waals surface area contributed by atoms with Crippen LogP contribution in [0.5, 0.6) is 0 Å². The molecule has 1 amide bonds. The molecule has 8 heteroatoms. The first-order valence-electron chi connectivity index (χ1n) is 10.4. The summed E-state index contributed by atoms with van der Waals surface area (Å²) in [5.41, 5.74) is 6.49. The second kappa shape index (κ2) is 12.7. The fourth-order valence-electron chi connectivity index (χ4n) is 2.86. The Morgan fingerprint density at radius 3 is 2.70 bits per heavy atom. The number of aromatic nitrogens is 3. The number of anilines is 1. The second-order valence-electron chi connectivity index (χ2n) is 7.08. The minimum Gasteiger partial charge on any atom is -0.324 e. The predicted octanol–water partition coefficient (Wildman–Crippen LogP) is 4.81. The number of hydrazine groups is 1. The number of amides is 1. The van der Waals surface area contributed by atoms with E-state index in [4.69, 9.17) is 5.84 Å². The van der Waals surface area contributed by atoms with E-state index in [1.54, 1.807) is 19.1 Å². The molecule has 0 aliphatic rings. The number of aromatic amines is 1. The zero-order valence-electron chi connectivity index (χ0n) is 18.9. The number of rotatable bonds is 11. The number of carbonyl (C=O) groups excluding carboxylic acids is 1. The van der Waals surface area contributed by atoms with Gasteiger partial charge in [-0.2, -0.15) is 5.10 Å². The van der Waals surface area contributed by atoms with Gasteiger partial charge in [-0.1, -0.05) is 38.3 Å². The van der Waals surface area contributed by atoms with Crippen LogP contribution in [0, 0.1) is 0 Å². The number of hydrogen-bond donors (Lipinski definition) is 4. The smallest absolute Gasteiger partial charge is 0.255 e. The lowest BCUT2D eigenvalue weighted by molar-refractivity contribution is -0.116. The molecule has 2 aromatic rings. The minimum absolute atomic E-state index is 0.271. The van der Waals surface area contributed by atoms with Crippen LogP contribution < -0.4 is 16.6 Å². The van der Waals surface area contributed by atoms with Gasteiger partial charge >= 0.3 is 0 Å². The summed E-state index contributed by atoms with van der Waals surface area (Å²) in [5, 5.41) is 9.37. The van der Waals surface area contributed by atoms with Gasteiger partial charge in [0.15, 0.2) is 5.82 Å². The molecule has 0 aliphatic heterocycles. The molecule has 172 valence electrons. The third kappa shape index (κ3) is 7.86. The molecule has 0 saturated heterocycles. The molecule has 5 N–H and O–H groups in total. The Balaban J connectivity index is 2.23. The number of hydrogen-bond acceptors (Lipinski definition) is 5. The summed E-state index contributed by atoms with van der Waals surface area (Å²) in [7, 11) is 0. The van der Waals surface area contributed by atoms with E-state index in [0.717, 1.165) is 23.2 Å². The number of nitrogens with zero attached hydrogens (tertiary/aromatic N) is 2. The molecule has 1 aromatic carbocycles. The number of nitrogen functional groups attached to an aromatic ring is 1. The number of H-pyrrole nitrogens is 1. The summed E-state index contributed by atoms with van der Waals surface area (Å²) in [6.07, 6.45) is 11.9. The van der Waals surface area contributed by atoms with Crippen LogP contribution in [-0.2, 0) is 11.2 Å². The minimum atomic E-state index is -0.419. The Hall–Kier alpha value is -4.04. The van der Waals surface area contributed by atoms with Crippen LogP contribution in [0.25, 0.3) is 11.4 Å². The highest BCUT2D eigenvalue weighted by Crippen LogP contribution is 2.25. The van der Waals surface area contributed by atoms with E-state index in [9.17, 15) is 9.18 Å². The van der Waals surface area contributed by atoms with Crippen molar-refractivity contribution in [1.29, 1.82) is 0 Å². The van der Waals surface area contributed by atoms with Gasteiger partial charge in [-0.25, -0.2) is 9.37 Å². The molecule has 0 aliphatic carbocycles. The molecular weight excluding hydrogens is 419 g/mol. The largest absolute Gasteiger partial charge is 0.324 e. The van der Waals surface area contributed by atoms with Crippen LogP contribution in [0.3, 0.4) is 0 Å². The fourth-order valence-corrected chi connectivity index (χ4v) is 2.86. The van der Waals surface area contributed by atoms with Gasteiger partial charge in [0.25, 0.3) is 5.91 Å². The quantitative estimate of drug-likeness (QED) is 0.171. The Bertz CT molecular complexity index is 1110. The zero-order chi connectivity index (χ0) is 24.2. The van der Waals surface area contributed by atoms with Crippen molar-refractivity contribution in [3.8, 4) is 11.4 Å². The average Bonchev–Trinajstić information content (AvgIpc) is 3.35. The molecule has 0 radical (unpaired) electrons. The van der Waals surface area contributed by atoms with E-state index < -0.39 is 5.83 Å². The first-order chi connectivity index (χ1) is 15.9. The summed E-state index contributed by atoms with van der Waals surface area (Å²) in [6, 6.07) is 5.64. The normalized spacial score (nSPS) is 12.4. The molecule has 0 spiro atoms. The van der Waals surface area contributed by atoms with Crippen LogP contribution in [0.1, 0.15) is 25.8 Å². The molecule has 7 nitrogen and oxygen atoms in total. The first kappa shape index (κ1) is 25.2. The lowest BCUT2D eigenvalue weighted by atomic mass is 9.99. The topological polar surface area (TPSA) is 109 Å². The molecule has 0 fully saturated rings. The lowest BCUT2D eigenvalue weighted by Crippen LogP contribution is -2.22. The van der Waals surface area contributed by atoms with Gasteiger partial charge in [-0.05, 0) is 67.3 Å². The van der Waals surface area contributed by atoms with Crippen molar-refractivity contribution in [3.05, 3.63) is 102 Å². The first-order valence-corrected chi connectivity index (χ1v) is 10.4. The highest BCUT2D eigenvalue weighted by atomic mass is 19.1. The molecule has 0 bridgehead atoms. The predicted molar refractivity (Wildman–Crippen MR) is 131 cm³/mol. The van der Waals surface area contributed by atoms with Gasteiger partial charge in [0.1, 0.15) is 12.2 Å². The number of carbonyl (C=O) groups is 1. The van der Waals surface area contributed by atoms with E-state index in [2.05, 4.69) is 39.1 Å². The van der Waals surface area contributed by atoms with Crippen LogP contribution in [0.2, 0.25) is 0 Å². The number of nitrogens with one attached hydrogen (secondary N) is 3. The van der Waals surface area contributed by atoms with Crippen molar-refractivity contribution in [2.45, 2.75) is 26.7 Å². The SMILES string of the molecule is C=C(/C=C(\C=C/CC)C(=O)NC(=C)/C=C\C(F)=C/C)Cc1cc(-c2ncn[nH]2)ccc1NN. The molecule has 1 aromatic heterocycles. The van der Waals surface area contributed by atoms with Gasteiger partial charge < -0.3 is 10.7 Å². The number of benzene rings is 1. The number of halogens is 1. The van der Waals surface area contributed by atoms with Gasteiger partial charge in [0.05, 0.1) is 5.69 Å². The summed E-state index contributed by atoms with van der Waals surface area (Å²) >= 11 is 0. The van der Waals surface area contributed by atoms with E-state index in [1.165, 1.54) is 24.6 Å². The molecule has 0 unspecified atom stereocenters. The van der Waals surface area contributed by atoms with Crippen molar-refractivity contribution in [1.82, 2.24) is 20.5 Å². The Morgan fingerprint density at radius 1 is 1.27 bits per heavy atom.